The first-order chi connectivity index (χ1) is 8.58. The number of aliphatic hydroxyl groups is 1. The van der Waals surface area contributed by atoms with Crippen molar-refractivity contribution in [1.29, 1.82) is 0 Å². The quantitative estimate of drug-likeness (QED) is 0.770. The zero-order valence-corrected chi connectivity index (χ0v) is 10.7. The van der Waals surface area contributed by atoms with Gasteiger partial charge >= 0.3 is 0 Å². The van der Waals surface area contributed by atoms with Gasteiger partial charge in [0.2, 0.25) is 0 Å². The minimum Gasteiger partial charge on any atom is -0.508 e. The summed E-state index contributed by atoms with van der Waals surface area (Å²) in [4.78, 5) is 12.0. The Morgan fingerprint density at radius 3 is 2.78 bits per heavy atom. The van der Waals surface area contributed by atoms with E-state index in [-0.39, 0.29) is 28.3 Å². The number of nitrogens with one attached hydrogen (secondary N) is 1. The van der Waals surface area contributed by atoms with Crippen LogP contribution in [0.15, 0.2) is 18.2 Å². The highest BCUT2D eigenvalue weighted by Gasteiger charge is 2.25. The van der Waals surface area contributed by atoms with E-state index in [0.29, 0.717) is 6.42 Å². The smallest absolute Gasteiger partial charge is 0.253 e. The van der Waals surface area contributed by atoms with Gasteiger partial charge in [0.05, 0.1) is 22.7 Å². The maximum absolute atomic E-state index is 12.0. The number of phenolic OH excluding ortho intramolecular Hbond substituents is 1. The van der Waals surface area contributed by atoms with E-state index in [1.165, 1.54) is 18.2 Å². The van der Waals surface area contributed by atoms with Gasteiger partial charge in [-0.2, -0.15) is 0 Å². The van der Waals surface area contributed by atoms with Crippen molar-refractivity contribution in [2.45, 2.75) is 37.8 Å². The molecule has 1 fully saturated rings. The van der Waals surface area contributed by atoms with Crippen molar-refractivity contribution in [2.24, 2.45) is 0 Å². The van der Waals surface area contributed by atoms with Crippen LogP contribution < -0.4 is 5.32 Å². The summed E-state index contributed by atoms with van der Waals surface area (Å²) in [6.45, 7) is 0. The van der Waals surface area contributed by atoms with Crippen molar-refractivity contribution in [1.82, 2.24) is 5.32 Å². The van der Waals surface area contributed by atoms with Gasteiger partial charge in [-0.05, 0) is 31.0 Å². The lowest BCUT2D eigenvalue weighted by atomic mass is 9.92. The van der Waals surface area contributed by atoms with Crippen LogP contribution in [0.25, 0.3) is 0 Å². The minimum absolute atomic E-state index is 0.00579. The lowest BCUT2D eigenvalue weighted by Crippen LogP contribution is -2.45. The summed E-state index contributed by atoms with van der Waals surface area (Å²) in [5.41, 5.74) is 0.231. The average Bonchev–Trinajstić information content (AvgIpc) is 2.35. The highest BCUT2D eigenvalue weighted by molar-refractivity contribution is 6.33. The number of aliphatic hydroxyl groups excluding tert-OH is 1. The highest BCUT2D eigenvalue weighted by atomic mass is 35.5. The molecule has 1 saturated carbocycles. The molecular formula is C13H16ClNO3. The second-order valence-electron chi connectivity index (χ2n) is 4.60. The molecule has 0 unspecified atom stereocenters. The van der Waals surface area contributed by atoms with E-state index in [1.54, 1.807) is 0 Å². The van der Waals surface area contributed by atoms with E-state index in [2.05, 4.69) is 5.32 Å². The fourth-order valence-corrected chi connectivity index (χ4v) is 2.42. The van der Waals surface area contributed by atoms with Gasteiger partial charge in [-0.15, -0.1) is 0 Å². The van der Waals surface area contributed by atoms with Gasteiger partial charge in [-0.1, -0.05) is 24.4 Å². The van der Waals surface area contributed by atoms with Gasteiger partial charge in [-0.25, -0.2) is 0 Å². The van der Waals surface area contributed by atoms with Crippen LogP contribution in [0.1, 0.15) is 36.0 Å². The van der Waals surface area contributed by atoms with E-state index in [0.717, 1.165) is 19.3 Å². The molecule has 1 amide bonds. The summed E-state index contributed by atoms with van der Waals surface area (Å²) in [6, 6.07) is 3.99. The van der Waals surface area contributed by atoms with Crippen LogP contribution in [0.3, 0.4) is 0 Å². The molecule has 4 nitrogen and oxygen atoms in total. The van der Waals surface area contributed by atoms with Gasteiger partial charge in [0.1, 0.15) is 5.75 Å². The van der Waals surface area contributed by atoms with Crippen LogP contribution in [0.4, 0.5) is 0 Å². The first kappa shape index (κ1) is 13.2. The Hall–Kier alpha value is -1.26. The minimum atomic E-state index is -0.501. The maximum Gasteiger partial charge on any atom is 0.253 e. The van der Waals surface area contributed by atoms with Crippen LogP contribution >= 0.6 is 11.6 Å². The molecule has 0 saturated heterocycles. The van der Waals surface area contributed by atoms with Crippen LogP contribution in [-0.4, -0.2) is 28.3 Å². The molecular weight excluding hydrogens is 254 g/mol. The highest BCUT2D eigenvalue weighted by Crippen LogP contribution is 2.23. The summed E-state index contributed by atoms with van der Waals surface area (Å²) >= 11 is 5.91. The normalized spacial score (nSPS) is 23.7. The lowest BCUT2D eigenvalue weighted by molar-refractivity contribution is 0.0717. The Bertz CT molecular complexity index is 450. The van der Waals surface area contributed by atoms with Gasteiger partial charge in [0.15, 0.2) is 0 Å². The van der Waals surface area contributed by atoms with Gasteiger partial charge in [0.25, 0.3) is 5.91 Å². The SMILES string of the molecule is O=C(N[C@@H]1CCCC[C@H]1O)c1cc(O)ccc1Cl. The molecule has 2 rings (SSSR count). The number of carbonyl (C=O) groups is 1. The van der Waals surface area contributed by atoms with Crippen LogP contribution in [0.2, 0.25) is 5.02 Å². The van der Waals surface area contributed by atoms with Crippen molar-refractivity contribution in [2.75, 3.05) is 0 Å². The number of rotatable bonds is 2. The van der Waals surface area contributed by atoms with Crippen LogP contribution in [-0.2, 0) is 0 Å². The van der Waals surface area contributed by atoms with E-state index in [9.17, 15) is 15.0 Å². The standard InChI is InChI=1S/C13H16ClNO3/c14-10-6-5-8(16)7-9(10)13(18)15-11-3-1-2-4-12(11)17/h5-7,11-12,16-17H,1-4H2,(H,15,18)/t11-,12-/m1/s1. The topological polar surface area (TPSA) is 69.6 Å². The zero-order valence-electron chi connectivity index (χ0n) is 9.90. The second-order valence-corrected chi connectivity index (χ2v) is 5.00. The monoisotopic (exact) mass is 269 g/mol. The zero-order chi connectivity index (χ0) is 13.1. The molecule has 0 aliphatic heterocycles. The first-order valence-electron chi connectivity index (χ1n) is 6.05. The van der Waals surface area contributed by atoms with Crippen molar-refractivity contribution < 1.29 is 15.0 Å². The van der Waals surface area contributed by atoms with Gasteiger partial charge in [0, 0.05) is 0 Å². The number of hydrogen-bond acceptors (Lipinski definition) is 3. The van der Waals surface area contributed by atoms with E-state index in [4.69, 9.17) is 11.6 Å². The molecule has 1 aliphatic rings. The predicted octanol–water partition coefficient (Wildman–Crippen LogP) is 2.08. The predicted molar refractivity (Wildman–Crippen MR) is 68.8 cm³/mol. The molecule has 3 N–H and O–H groups in total. The fraction of sp³-hybridized carbons (Fsp3) is 0.462. The number of amides is 1. The molecule has 18 heavy (non-hydrogen) atoms. The average molecular weight is 270 g/mol. The maximum atomic E-state index is 12.0. The molecule has 2 atom stereocenters. The summed E-state index contributed by atoms with van der Waals surface area (Å²) < 4.78 is 0. The van der Waals surface area contributed by atoms with Crippen LogP contribution in [0, 0.1) is 0 Å². The lowest BCUT2D eigenvalue weighted by Gasteiger charge is -2.28. The third-order valence-corrected chi connectivity index (χ3v) is 3.57. The molecule has 1 aromatic rings. The van der Waals surface area contributed by atoms with E-state index >= 15 is 0 Å². The van der Waals surface area contributed by atoms with E-state index in [1.807, 2.05) is 0 Å². The fourth-order valence-electron chi connectivity index (χ4n) is 2.21. The van der Waals surface area contributed by atoms with Gasteiger partial charge in [-0.3, -0.25) is 4.79 Å². The van der Waals surface area contributed by atoms with E-state index < -0.39 is 6.10 Å². The summed E-state index contributed by atoms with van der Waals surface area (Å²) in [5, 5.41) is 22.2. The Balaban J connectivity index is 2.09. The molecule has 5 heteroatoms. The Morgan fingerprint density at radius 1 is 1.33 bits per heavy atom. The summed E-state index contributed by atoms with van der Waals surface area (Å²) in [5.74, 6) is -0.365. The number of benzene rings is 1. The number of carbonyl (C=O) groups excluding carboxylic acids is 1. The number of hydrogen-bond donors (Lipinski definition) is 3. The largest absolute Gasteiger partial charge is 0.508 e. The van der Waals surface area contributed by atoms with Crippen molar-refractivity contribution in [3.63, 3.8) is 0 Å². The molecule has 0 radical (unpaired) electrons. The molecule has 0 heterocycles. The third-order valence-electron chi connectivity index (χ3n) is 3.24. The molecule has 98 valence electrons. The Morgan fingerprint density at radius 2 is 2.06 bits per heavy atom. The summed E-state index contributed by atoms with van der Waals surface area (Å²) in [7, 11) is 0. The first-order valence-corrected chi connectivity index (χ1v) is 6.43. The van der Waals surface area contributed by atoms with Crippen molar-refractivity contribution in [3.05, 3.63) is 28.8 Å². The molecule has 0 aromatic heterocycles. The van der Waals surface area contributed by atoms with Crippen molar-refractivity contribution >= 4 is 17.5 Å². The second kappa shape index (κ2) is 5.59. The van der Waals surface area contributed by atoms with Gasteiger partial charge < -0.3 is 15.5 Å². The number of phenols is 1. The molecule has 0 spiro atoms. The Labute approximate surface area is 111 Å². The van der Waals surface area contributed by atoms with Crippen LogP contribution in [0.5, 0.6) is 5.75 Å². The third kappa shape index (κ3) is 2.94. The number of aromatic hydroxyl groups is 1. The molecule has 1 aromatic carbocycles. The Kier molecular flexibility index (Phi) is 4.09. The molecule has 1 aliphatic carbocycles. The number of halogens is 1. The summed E-state index contributed by atoms with van der Waals surface area (Å²) in [6.07, 6.45) is 2.96. The van der Waals surface area contributed by atoms with Crippen molar-refractivity contribution in [3.8, 4) is 5.75 Å². The molecule has 0 bridgehead atoms.